The smallest absolute Gasteiger partial charge is 0.248 e. The Kier molecular flexibility index (Phi) is 8.76. The number of nitrogens with one attached hydrogen (secondary N) is 1. The first-order valence-corrected chi connectivity index (χ1v) is 5.88. The number of amides is 1. The topological polar surface area (TPSA) is 38.3 Å². The first-order valence-electron chi connectivity index (χ1n) is 5.88. The molecule has 100 valence electrons. The van der Waals surface area contributed by atoms with Crippen molar-refractivity contribution in [2.75, 3.05) is 12.4 Å². The average molecular weight is 270 g/mol. The molecule has 1 rings (SSSR count). The fourth-order valence-electron chi connectivity index (χ4n) is 1.37. The highest BCUT2D eigenvalue weighted by atomic mass is 35.5. The van der Waals surface area contributed by atoms with Crippen LogP contribution < -0.4 is 10.1 Å². The molecule has 0 saturated carbocycles. The molecule has 1 aromatic carbocycles. The molecule has 0 aliphatic heterocycles. The van der Waals surface area contributed by atoms with Gasteiger partial charge in [-0.2, -0.15) is 0 Å². The number of hydrogen-bond acceptors (Lipinski definition) is 2. The summed E-state index contributed by atoms with van der Waals surface area (Å²) >= 11 is 0. The van der Waals surface area contributed by atoms with Gasteiger partial charge in [-0.1, -0.05) is 25.8 Å². The molecular weight excluding hydrogens is 250 g/mol. The minimum absolute atomic E-state index is 0. The van der Waals surface area contributed by atoms with E-state index in [4.69, 9.17) is 4.74 Å². The minimum atomic E-state index is -0.0914. The average Bonchev–Trinajstić information content (AvgIpc) is 2.36. The highest BCUT2D eigenvalue weighted by molar-refractivity contribution is 5.99. The van der Waals surface area contributed by atoms with Crippen molar-refractivity contribution in [3.63, 3.8) is 0 Å². The number of carbonyl (C=O) groups is 1. The number of benzene rings is 1. The molecule has 1 aromatic rings. The minimum Gasteiger partial charge on any atom is -0.497 e. The standard InChI is InChI=1S/C14H19NO2.ClH/c1-3-4-5-6-7-14(16)15-12-8-10-13(17-2)11-9-12;/h6-11H,3-5H2,1-2H3,(H,15,16);1H. The zero-order valence-corrected chi connectivity index (χ0v) is 11.6. The van der Waals surface area contributed by atoms with E-state index >= 15 is 0 Å². The van der Waals surface area contributed by atoms with E-state index in [0.29, 0.717) is 0 Å². The molecule has 0 heterocycles. The van der Waals surface area contributed by atoms with E-state index in [1.165, 1.54) is 0 Å². The van der Waals surface area contributed by atoms with E-state index in [2.05, 4.69) is 12.2 Å². The van der Waals surface area contributed by atoms with Gasteiger partial charge in [0.1, 0.15) is 5.75 Å². The summed E-state index contributed by atoms with van der Waals surface area (Å²) in [6, 6.07) is 7.26. The summed E-state index contributed by atoms with van der Waals surface area (Å²) < 4.78 is 5.04. The number of allylic oxidation sites excluding steroid dienone is 1. The Morgan fingerprint density at radius 1 is 1.33 bits per heavy atom. The molecule has 0 radical (unpaired) electrons. The third kappa shape index (κ3) is 6.30. The molecule has 0 aliphatic rings. The van der Waals surface area contributed by atoms with Crippen molar-refractivity contribution in [1.29, 1.82) is 0 Å². The lowest BCUT2D eigenvalue weighted by Gasteiger charge is -2.03. The monoisotopic (exact) mass is 269 g/mol. The molecule has 0 spiro atoms. The van der Waals surface area contributed by atoms with Gasteiger partial charge in [0.05, 0.1) is 7.11 Å². The Bertz CT molecular complexity index is 374. The van der Waals surface area contributed by atoms with Crippen molar-refractivity contribution < 1.29 is 9.53 Å². The van der Waals surface area contributed by atoms with E-state index in [1.807, 2.05) is 30.3 Å². The number of rotatable bonds is 6. The van der Waals surface area contributed by atoms with Gasteiger partial charge in [-0.3, -0.25) is 4.79 Å². The van der Waals surface area contributed by atoms with Crippen molar-refractivity contribution in [1.82, 2.24) is 0 Å². The number of unbranched alkanes of at least 4 members (excludes halogenated alkanes) is 2. The van der Waals surface area contributed by atoms with Crippen molar-refractivity contribution in [2.45, 2.75) is 26.2 Å². The molecule has 0 bridgehead atoms. The van der Waals surface area contributed by atoms with Gasteiger partial charge < -0.3 is 10.1 Å². The fourth-order valence-corrected chi connectivity index (χ4v) is 1.37. The van der Waals surface area contributed by atoms with E-state index in [9.17, 15) is 4.79 Å². The molecule has 0 aromatic heterocycles. The Hall–Kier alpha value is -1.48. The number of hydrogen-bond donors (Lipinski definition) is 1. The van der Waals surface area contributed by atoms with Gasteiger partial charge in [0, 0.05) is 5.69 Å². The van der Waals surface area contributed by atoms with Gasteiger partial charge in [0.25, 0.3) is 0 Å². The second kappa shape index (κ2) is 9.54. The van der Waals surface area contributed by atoms with Crippen molar-refractivity contribution in [3.8, 4) is 5.75 Å². The predicted molar refractivity (Wildman–Crippen MR) is 77.5 cm³/mol. The normalized spacial score (nSPS) is 9.89. The molecule has 0 fully saturated rings. The van der Waals surface area contributed by atoms with Crippen LogP contribution in [0, 0.1) is 0 Å². The molecule has 4 heteroatoms. The highest BCUT2D eigenvalue weighted by Gasteiger charge is 1.97. The maximum atomic E-state index is 11.5. The number of anilines is 1. The molecule has 18 heavy (non-hydrogen) atoms. The van der Waals surface area contributed by atoms with Crippen LogP contribution in [0.5, 0.6) is 5.75 Å². The van der Waals surface area contributed by atoms with Crippen LogP contribution >= 0.6 is 12.4 Å². The summed E-state index contributed by atoms with van der Waals surface area (Å²) in [5.74, 6) is 0.688. The van der Waals surface area contributed by atoms with Crippen LogP contribution in [0.25, 0.3) is 0 Å². The van der Waals surface area contributed by atoms with E-state index in [1.54, 1.807) is 13.2 Å². The molecular formula is C14H20ClNO2. The second-order valence-corrected chi connectivity index (χ2v) is 3.76. The Morgan fingerprint density at radius 2 is 2.00 bits per heavy atom. The lowest BCUT2D eigenvalue weighted by Crippen LogP contribution is -2.07. The lowest BCUT2D eigenvalue weighted by atomic mass is 10.2. The van der Waals surface area contributed by atoms with Gasteiger partial charge in [-0.15, -0.1) is 12.4 Å². The highest BCUT2D eigenvalue weighted by Crippen LogP contribution is 2.14. The Balaban J connectivity index is 0.00000289. The summed E-state index contributed by atoms with van der Waals surface area (Å²) in [5, 5.41) is 2.79. The lowest BCUT2D eigenvalue weighted by molar-refractivity contribution is -0.111. The second-order valence-electron chi connectivity index (χ2n) is 3.76. The zero-order chi connectivity index (χ0) is 12.5. The van der Waals surface area contributed by atoms with Gasteiger partial charge in [0.2, 0.25) is 5.91 Å². The molecule has 3 nitrogen and oxygen atoms in total. The van der Waals surface area contributed by atoms with E-state index in [0.717, 1.165) is 30.7 Å². The quantitative estimate of drug-likeness (QED) is 0.630. The number of methoxy groups -OCH3 is 1. The largest absolute Gasteiger partial charge is 0.497 e. The van der Waals surface area contributed by atoms with Gasteiger partial charge in [0.15, 0.2) is 0 Å². The van der Waals surface area contributed by atoms with Crippen LogP contribution in [0.4, 0.5) is 5.69 Å². The molecule has 1 amide bonds. The van der Waals surface area contributed by atoms with Crippen LogP contribution in [0.2, 0.25) is 0 Å². The van der Waals surface area contributed by atoms with Gasteiger partial charge in [-0.25, -0.2) is 0 Å². The summed E-state index contributed by atoms with van der Waals surface area (Å²) in [7, 11) is 1.62. The maximum absolute atomic E-state index is 11.5. The number of halogens is 1. The third-order valence-corrected chi connectivity index (χ3v) is 2.35. The van der Waals surface area contributed by atoms with Crippen LogP contribution in [-0.2, 0) is 4.79 Å². The van der Waals surface area contributed by atoms with Crippen LogP contribution in [-0.4, -0.2) is 13.0 Å². The maximum Gasteiger partial charge on any atom is 0.248 e. The van der Waals surface area contributed by atoms with Crippen molar-refractivity contribution in [2.24, 2.45) is 0 Å². The van der Waals surface area contributed by atoms with Gasteiger partial charge >= 0.3 is 0 Å². The summed E-state index contributed by atoms with van der Waals surface area (Å²) in [5.41, 5.74) is 0.774. The molecule has 0 saturated heterocycles. The van der Waals surface area contributed by atoms with Crippen LogP contribution in [0.1, 0.15) is 26.2 Å². The van der Waals surface area contributed by atoms with E-state index in [-0.39, 0.29) is 18.3 Å². The first-order chi connectivity index (χ1) is 8.26. The predicted octanol–water partition coefficient (Wildman–Crippen LogP) is 3.80. The number of ether oxygens (including phenoxy) is 1. The molecule has 0 atom stereocenters. The van der Waals surface area contributed by atoms with Gasteiger partial charge in [-0.05, 0) is 36.8 Å². The third-order valence-electron chi connectivity index (χ3n) is 2.35. The SMILES string of the molecule is CCCCC=CC(=O)Nc1ccc(OC)cc1.Cl. The molecule has 0 unspecified atom stereocenters. The van der Waals surface area contributed by atoms with E-state index < -0.39 is 0 Å². The van der Waals surface area contributed by atoms with Crippen LogP contribution in [0.15, 0.2) is 36.4 Å². The van der Waals surface area contributed by atoms with Crippen molar-refractivity contribution in [3.05, 3.63) is 36.4 Å². The van der Waals surface area contributed by atoms with Crippen LogP contribution in [0.3, 0.4) is 0 Å². The Labute approximate surface area is 115 Å². The summed E-state index contributed by atoms with van der Waals surface area (Å²) in [6.45, 7) is 2.13. The summed E-state index contributed by atoms with van der Waals surface area (Å²) in [6.07, 6.45) is 6.70. The zero-order valence-electron chi connectivity index (χ0n) is 10.8. The Morgan fingerprint density at radius 3 is 2.56 bits per heavy atom. The summed E-state index contributed by atoms with van der Waals surface area (Å²) in [4.78, 5) is 11.5. The molecule has 0 aliphatic carbocycles. The molecule has 1 N–H and O–H groups in total. The van der Waals surface area contributed by atoms with Crippen molar-refractivity contribution >= 4 is 24.0 Å². The number of carbonyl (C=O) groups excluding carboxylic acids is 1. The fraction of sp³-hybridized carbons (Fsp3) is 0.357. The first kappa shape index (κ1) is 16.5.